The molecule has 110 valence electrons. The van der Waals surface area contributed by atoms with E-state index < -0.39 is 20.8 Å². The third-order valence-electron chi connectivity index (χ3n) is 3.82. The van der Waals surface area contributed by atoms with Gasteiger partial charge in [-0.3, -0.25) is 4.90 Å². The Morgan fingerprint density at radius 3 is 2.60 bits per heavy atom. The first-order valence-electron chi connectivity index (χ1n) is 6.52. The Morgan fingerprint density at radius 1 is 1.35 bits per heavy atom. The minimum absolute atomic E-state index is 0.149. The summed E-state index contributed by atoms with van der Waals surface area (Å²) in [5, 5.41) is 0. The lowest BCUT2D eigenvalue weighted by molar-refractivity contribution is 0.0876. The van der Waals surface area contributed by atoms with Crippen molar-refractivity contribution in [1.29, 1.82) is 0 Å². The van der Waals surface area contributed by atoms with Crippen LogP contribution in [0.15, 0.2) is 30.3 Å². The van der Waals surface area contributed by atoms with Gasteiger partial charge in [-0.15, -0.1) is 0 Å². The lowest BCUT2D eigenvalue weighted by Gasteiger charge is -2.32. The van der Waals surface area contributed by atoms with Crippen molar-refractivity contribution in [2.24, 2.45) is 0 Å². The number of sulfone groups is 1. The summed E-state index contributed by atoms with van der Waals surface area (Å²) in [6, 6.07) is 9.31. The molecule has 6 heteroatoms. The number of hydrogen-bond donors (Lipinski definition) is 0. The summed E-state index contributed by atoms with van der Waals surface area (Å²) in [6.45, 7) is 2.15. The van der Waals surface area contributed by atoms with Crippen LogP contribution in [0.2, 0.25) is 0 Å². The molecule has 1 aromatic carbocycles. The molecular weight excluding hydrogens is 278 g/mol. The van der Waals surface area contributed by atoms with E-state index >= 15 is 0 Å². The molecule has 0 spiro atoms. The molecule has 0 N–H and O–H groups in total. The van der Waals surface area contributed by atoms with E-state index in [0.717, 1.165) is 11.8 Å². The summed E-state index contributed by atoms with van der Waals surface area (Å²) in [5.41, 5.74) is 0.876. The fourth-order valence-electron chi connectivity index (χ4n) is 2.40. The van der Waals surface area contributed by atoms with E-state index in [1.807, 2.05) is 30.3 Å². The summed E-state index contributed by atoms with van der Waals surface area (Å²) in [4.78, 5) is 12.3. The number of nitrogens with zero attached hydrogens (tertiary/aromatic N) is 1. The minimum atomic E-state index is -3.35. The third-order valence-corrected chi connectivity index (χ3v) is 5.84. The molecule has 2 rings (SSSR count). The van der Waals surface area contributed by atoms with Crippen molar-refractivity contribution < 1.29 is 17.9 Å². The van der Waals surface area contributed by atoms with Crippen molar-refractivity contribution in [3.63, 3.8) is 0 Å². The van der Waals surface area contributed by atoms with Gasteiger partial charge in [0.25, 0.3) is 0 Å². The van der Waals surface area contributed by atoms with Crippen LogP contribution in [0.5, 0.6) is 0 Å². The van der Waals surface area contributed by atoms with Crippen molar-refractivity contribution in [2.75, 3.05) is 12.8 Å². The van der Waals surface area contributed by atoms with Gasteiger partial charge in [0.15, 0.2) is 9.84 Å². The van der Waals surface area contributed by atoms with Crippen LogP contribution in [0.1, 0.15) is 25.3 Å². The molecule has 5 nitrogen and oxygen atoms in total. The number of amides is 1. The average Bonchev–Trinajstić information content (AvgIpc) is 2.80. The second-order valence-electron chi connectivity index (χ2n) is 5.24. The van der Waals surface area contributed by atoms with Gasteiger partial charge in [0.2, 0.25) is 0 Å². The lowest BCUT2D eigenvalue weighted by Crippen LogP contribution is -2.50. The Kier molecular flexibility index (Phi) is 4.04. The molecule has 1 amide bonds. The van der Waals surface area contributed by atoms with Gasteiger partial charge in [0, 0.05) is 12.8 Å². The van der Waals surface area contributed by atoms with E-state index in [9.17, 15) is 13.2 Å². The van der Waals surface area contributed by atoms with E-state index in [1.54, 1.807) is 6.92 Å². The quantitative estimate of drug-likeness (QED) is 0.858. The predicted molar refractivity (Wildman–Crippen MR) is 75.8 cm³/mol. The van der Waals surface area contributed by atoms with Gasteiger partial charge >= 0.3 is 6.09 Å². The van der Waals surface area contributed by atoms with Crippen LogP contribution >= 0.6 is 0 Å². The fraction of sp³-hybridized carbons (Fsp3) is 0.500. The number of carbonyl (C=O) groups is 1. The van der Waals surface area contributed by atoms with E-state index in [0.29, 0.717) is 19.4 Å². The zero-order valence-electron chi connectivity index (χ0n) is 11.7. The van der Waals surface area contributed by atoms with Crippen LogP contribution in [0.4, 0.5) is 4.79 Å². The van der Waals surface area contributed by atoms with Gasteiger partial charge in [-0.25, -0.2) is 13.2 Å². The summed E-state index contributed by atoms with van der Waals surface area (Å²) >= 11 is 0. The fourth-order valence-corrected chi connectivity index (χ4v) is 3.49. The van der Waals surface area contributed by atoms with E-state index in [1.165, 1.54) is 4.90 Å². The van der Waals surface area contributed by atoms with Crippen molar-refractivity contribution in [1.82, 2.24) is 4.90 Å². The standard InChI is InChI=1S/C14H19NO4S/c1-14(20(2,17)18)9-6-10-15(14)13(16)19-11-12-7-4-3-5-8-12/h3-5,7-8H,6,9-11H2,1-2H3/t14-/m0/s1. The van der Waals surface area contributed by atoms with Crippen molar-refractivity contribution >= 4 is 15.9 Å². The molecule has 1 aliphatic rings. The summed E-state index contributed by atoms with van der Waals surface area (Å²) in [6.07, 6.45) is 1.71. The molecule has 20 heavy (non-hydrogen) atoms. The lowest BCUT2D eigenvalue weighted by atomic mass is 10.2. The molecule has 1 saturated heterocycles. The maximum Gasteiger partial charge on any atom is 0.411 e. The molecule has 0 saturated carbocycles. The molecule has 0 aromatic heterocycles. The number of carbonyl (C=O) groups excluding carboxylic acids is 1. The molecule has 0 radical (unpaired) electrons. The Hall–Kier alpha value is -1.56. The van der Waals surface area contributed by atoms with Gasteiger partial charge in [0.1, 0.15) is 11.5 Å². The average molecular weight is 297 g/mol. The molecule has 1 aromatic rings. The van der Waals surface area contributed by atoms with Gasteiger partial charge in [-0.05, 0) is 25.3 Å². The molecule has 0 unspecified atom stereocenters. The Balaban J connectivity index is 2.06. The highest BCUT2D eigenvalue weighted by Crippen LogP contribution is 2.34. The molecule has 1 heterocycles. The number of rotatable bonds is 3. The first kappa shape index (κ1) is 14.8. The van der Waals surface area contributed by atoms with Crippen LogP contribution in [0.25, 0.3) is 0 Å². The van der Waals surface area contributed by atoms with Crippen LogP contribution < -0.4 is 0 Å². The summed E-state index contributed by atoms with van der Waals surface area (Å²) < 4.78 is 29.0. The number of ether oxygens (including phenoxy) is 1. The zero-order valence-corrected chi connectivity index (χ0v) is 12.5. The van der Waals surface area contributed by atoms with Gasteiger partial charge in [0.05, 0.1) is 0 Å². The normalized spacial score (nSPS) is 22.8. The first-order valence-corrected chi connectivity index (χ1v) is 8.42. The molecular formula is C14H19NO4S. The molecule has 1 fully saturated rings. The Labute approximate surface area is 119 Å². The number of hydrogen-bond acceptors (Lipinski definition) is 4. The van der Waals surface area contributed by atoms with Crippen LogP contribution in [-0.2, 0) is 21.2 Å². The predicted octanol–water partition coefficient (Wildman–Crippen LogP) is 2.18. The molecule has 1 aliphatic heterocycles. The minimum Gasteiger partial charge on any atom is -0.445 e. The van der Waals surface area contributed by atoms with E-state index in [4.69, 9.17) is 4.74 Å². The largest absolute Gasteiger partial charge is 0.445 e. The highest BCUT2D eigenvalue weighted by Gasteiger charge is 2.48. The Bertz CT molecular complexity index is 584. The van der Waals surface area contributed by atoms with Gasteiger partial charge < -0.3 is 4.74 Å². The number of likely N-dealkylation sites (tertiary alicyclic amines) is 1. The van der Waals surface area contributed by atoms with Crippen LogP contribution in [0, 0.1) is 0 Å². The summed E-state index contributed by atoms with van der Waals surface area (Å²) in [5.74, 6) is 0. The second kappa shape index (κ2) is 5.44. The van der Waals surface area contributed by atoms with Crippen LogP contribution in [0.3, 0.4) is 0 Å². The summed E-state index contributed by atoms with van der Waals surface area (Å²) in [7, 11) is -3.35. The monoisotopic (exact) mass is 297 g/mol. The van der Waals surface area contributed by atoms with E-state index in [-0.39, 0.29) is 6.61 Å². The van der Waals surface area contributed by atoms with Crippen molar-refractivity contribution in [3.8, 4) is 0 Å². The maximum absolute atomic E-state index is 12.1. The SMILES string of the molecule is C[C@]1(S(C)(=O)=O)CCCN1C(=O)OCc1ccccc1. The van der Waals surface area contributed by atoms with Crippen LogP contribution in [-0.4, -0.2) is 37.1 Å². The molecule has 1 atom stereocenters. The van der Waals surface area contributed by atoms with Crippen molar-refractivity contribution in [3.05, 3.63) is 35.9 Å². The smallest absolute Gasteiger partial charge is 0.411 e. The second-order valence-corrected chi connectivity index (χ2v) is 7.67. The molecule has 0 bridgehead atoms. The van der Waals surface area contributed by atoms with Gasteiger partial charge in [-0.2, -0.15) is 0 Å². The zero-order chi connectivity index (χ0) is 14.8. The highest BCUT2D eigenvalue weighted by atomic mass is 32.2. The maximum atomic E-state index is 12.1. The van der Waals surface area contributed by atoms with Gasteiger partial charge in [-0.1, -0.05) is 30.3 Å². The third kappa shape index (κ3) is 2.80. The Morgan fingerprint density at radius 2 is 2.00 bits per heavy atom. The topological polar surface area (TPSA) is 63.7 Å². The molecule has 0 aliphatic carbocycles. The number of benzene rings is 1. The van der Waals surface area contributed by atoms with E-state index in [2.05, 4.69) is 0 Å². The highest BCUT2D eigenvalue weighted by molar-refractivity contribution is 7.92. The first-order chi connectivity index (χ1) is 9.34. The van der Waals surface area contributed by atoms with Crippen molar-refractivity contribution in [2.45, 2.75) is 31.2 Å².